The molecule has 0 saturated carbocycles. The molecule has 1 N–H and O–H groups in total. The summed E-state index contributed by atoms with van der Waals surface area (Å²) in [6.07, 6.45) is 1.73. The maximum atomic E-state index is 6.12. The summed E-state index contributed by atoms with van der Waals surface area (Å²) in [7, 11) is 0. The topological polar surface area (TPSA) is 55.6 Å². The van der Waals surface area contributed by atoms with Crippen LogP contribution in [0.3, 0.4) is 0 Å². The van der Waals surface area contributed by atoms with Crippen LogP contribution in [0.1, 0.15) is 5.56 Å². The van der Waals surface area contributed by atoms with Gasteiger partial charge in [-0.15, -0.1) is 0 Å². The maximum Gasteiger partial charge on any atom is 0.226 e. The Hall–Kier alpha value is -2.92. The number of benzene rings is 2. The van der Waals surface area contributed by atoms with Crippen molar-refractivity contribution in [3.63, 3.8) is 0 Å². The van der Waals surface area contributed by atoms with E-state index in [0.29, 0.717) is 23.5 Å². The van der Waals surface area contributed by atoms with Crippen LogP contribution in [-0.2, 0) is 6.54 Å². The Morgan fingerprint density at radius 3 is 2.38 bits per heavy atom. The summed E-state index contributed by atoms with van der Waals surface area (Å²) >= 11 is 6.12. The van der Waals surface area contributed by atoms with Crippen molar-refractivity contribution in [3.8, 4) is 5.69 Å². The van der Waals surface area contributed by atoms with Gasteiger partial charge >= 0.3 is 0 Å². The SMILES string of the molecule is Clc1nc(NCc2ccccc2)c2ncn(-c3ccccc3)c2n1. The molecule has 2 heterocycles. The lowest BCUT2D eigenvalue weighted by Gasteiger charge is -2.08. The zero-order valence-electron chi connectivity index (χ0n) is 12.7. The van der Waals surface area contributed by atoms with Gasteiger partial charge in [-0.3, -0.25) is 4.57 Å². The van der Waals surface area contributed by atoms with E-state index in [1.807, 2.05) is 53.1 Å². The van der Waals surface area contributed by atoms with Crippen molar-refractivity contribution in [3.05, 3.63) is 77.8 Å². The minimum Gasteiger partial charge on any atom is -0.364 e. The van der Waals surface area contributed by atoms with Crippen molar-refractivity contribution in [2.24, 2.45) is 0 Å². The van der Waals surface area contributed by atoms with Gasteiger partial charge in [0.1, 0.15) is 6.33 Å². The molecular formula is C18H14ClN5. The van der Waals surface area contributed by atoms with E-state index < -0.39 is 0 Å². The molecule has 0 saturated heterocycles. The molecular weight excluding hydrogens is 322 g/mol. The highest BCUT2D eigenvalue weighted by Crippen LogP contribution is 2.23. The third-order valence-corrected chi connectivity index (χ3v) is 3.87. The van der Waals surface area contributed by atoms with E-state index in [1.165, 1.54) is 0 Å². The highest BCUT2D eigenvalue weighted by molar-refractivity contribution is 6.28. The second-order valence-corrected chi connectivity index (χ2v) is 5.64. The van der Waals surface area contributed by atoms with Crippen LogP contribution in [-0.4, -0.2) is 19.5 Å². The van der Waals surface area contributed by atoms with Gasteiger partial charge in [0.05, 0.1) is 0 Å². The number of para-hydroxylation sites is 1. The molecule has 24 heavy (non-hydrogen) atoms. The van der Waals surface area contributed by atoms with E-state index in [2.05, 4.69) is 32.4 Å². The molecule has 0 aliphatic carbocycles. The molecule has 0 amide bonds. The zero-order valence-corrected chi connectivity index (χ0v) is 13.5. The fourth-order valence-corrected chi connectivity index (χ4v) is 2.72. The zero-order chi connectivity index (χ0) is 16.4. The van der Waals surface area contributed by atoms with Crippen LogP contribution in [0.15, 0.2) is 67.0 Å². The smallest absolute Gasteiger partial charge is 0.226 e. The van der Waals surface area contributed by atoms with Crippen molar-refractivity contribution < 1.29 is 0 Å². The molecule has 0 fully saturated rings. The normalized spacial score (nSPS) is 10.9. The molecule has 2 aromatic heterocycles. The van der Waals surface area contributed by atoms with E-state index in [4.69, 9.17) is 11.6 Å². The van der Waals surface area contributed by atoms with Gasteiger partial charge in [0, 0.05) is 12.2 Å². The number of hydrogen-bond acceptors (Lipinski definition) is 4. The first-order valence-electron chi connectivity index (χ1n) is 7.55. The minimum absolute atomic E-state index is 0.191. The predicted molar refractivity (Wildman–Crippen MR) is 95.4 cm³/mol. The minimum atomic E-state index is 0.191. The summed E-state index contributed by atoms with van der Waals surface area (Å²) in [4.78, 5) is 13.1. The fourth-order valence-electron chi connectivity index (χ4n) is 2.56. The molecule has 0 spiro atoms. The third-order valence-electron chi connectivity index (χ3n) is 3.71. The highest BCUT2D eigenvalue weighted by Gasteiger charge is 2.13. The van der Waals surface area contributed by atoms with Crippen molar-refractivity contribution in [1.29, 1.82) is 0 Å². The van der Waals surface area contributed by atoms with Crippen LogP contribution < -0.4 is 5.32 Å². The number of aromatic nitrogens is 4. The number of imidazole rings is 1. The van der Waals surface area contributed by atoms with Gasteiger partial charge in [-0.25, -0.2) is 4.98 Å². The first-order valence-corrected chi connectivity index (χ1v) is 7.93. The van der Waals surface area contributed by atoms with Gasteiger partial charge in [-0.2, -0.15) is 9.97 Å². The molecule has 0 bridgehead atoms. The third kappa shape index (κ3) is 2.81. The first kappa shape index (κ1) is 14.7. The fraction of sp³-hybridized carbons (Fsp3) is 0.0556. The molecule has 0 radical (unpaired) electrons. The van der Waals surface area contributed by atoms with Gasteiger partial charge in [0.2, 0.25) is 5.28 Å². The number of anilines is 1. The molecule has 118 valence electrons. The summed E-state index contributed by atoms with van der Waals surface area (Å²) in [6, 6.07) is 20.0. The lowest BCUT2D eigenvalue weighted by molar-refractivity contribution is 1.05. The van der Waals surface area contributed by atoms with E-state index in [0.717, 1.165) is 11.3 Å². The molecule has 0 atom stereocenters. The molecule has 4 aromatic rings. The number of nitrogens with one attached hydrogen (secondary N) is 1. The van der Waals surface area contributed by atoms with Gasteiger partial charge in [0.25, 0.3) is 0 Å². The van der Waals surface area contributed by atoms with Crippen LogP contribution in [0.5, 0.6) is 0 Å². The summed E-state index contributed by atoms with van der Waals surface area (Å²) in [5.41, 5.74) is 3.50. The highest BCUT2D eigenvalue weighted by atomic mass is 35.5. The number of hydrogen-bond donors (Lipinski definition) is 1. The average molecular weight is 336 g/mol. The average Bonchev–Trinajstić information content (AvgIpc) is 3.05. The van der Waals surface area contributed by atoms with Gasteiger partial charge < -0.3 is 5.32 Å². The summed E-state index contributed by atoms with van der Waals surface area (Å²) in [5, 5.41) is 3.49. The largest absolute Gasteiger partial charge is 0.364 e. The molecule has 0 aliphatic heterocycles. The monoisotopic (exact) mass is 335 g/mol. The van der Waals surface area contributed by atoms with Crippen LogP contribution in [0.4, 0.5) is 5.82 Å². The predicted octanol–water partition coefficient (Wildman–Crippen LogP) is 4.08. The number of rotatable bonds is 4. The van der Waals surface area contributed by atoms with Crippen LogP contribution in [0, 0.1) is 0 Å². The lowest BCUT2D eigenvalue weighted by atomic mass is 10.2. The van der Waals surface area contributed by atoms with Gasteiger partial charge in [-0.1, -0.05) is 48.5 Å². The molecule has 0 unspecified atom stereocenters. The summed E-state index contributed by atoms with van der Waals surface area (Å²) in [5.74, 6) is 0.628. The molecule has 6 heteroatoms. The Balaban J connectivity index is 1.73. The van der Waals surface area contributed by atoms with Crippen LogP contribution in [0.2, 0.25) is 5.28 Å². The van der Waals surface area contributed by atoms with Crippen LogP contribution >= 0.6 is 11.6 Å². The van der Waals surface area contributed by atoms with Crippen molar-refractivity contribution >= 4 is 28.6 Å². The van der Waals surface area contributed by atoms with E-state index in [9.17, 15) is 0 Å². The Morgan fingerprint density at radius 1 is 0.917 bits per heavy atom. The maximum absolute atomic E-state index is 6.12. The number of fused-ring (bicyclic) bond motifs is 1. The van der Waals surface area contributed by atoms with E-state index >= 15 is 0 Å². The van der Waals surface area contributed by atoms with E-state index in [1.54, 1.807) is 6.33 Å². The van der Waals surface area contributed by atoms with Crippen molar-refractivity contribution in [1.82, 2.24) is 19.5 Å². The van der Waals surface area contributed by atoms with Crippen LogP contribution in [0.25, 0.3) is 16.9 Å². The lowest BCUT2D eigenvalue weighted by Crippen LogP contribution is -2.04. The molecule has 0 aliphatic rings. The quantitative estimate of drug-likeness (QED) is 0.571. The Kier molecular flexibility index (Phi) is 3.84. The Bertz CT molecular complexity index is 967. The summed E-state index contributed by atoms with van der Waals surface area (Å²) < 4.78 is 1.90. The second kappa shape index (κ2) is 6.29. The first-order chi connectivity index (χ1) is 11.8. The molecule has 5 nitrogen and oxygen atoms in total. The molecule has 4 rings (SSSR count). The van der Waals surface area contributed by atoms with Gasteiger partial charge in [0.15, 0.2) is 17.0 Å². The standard InChI is InChI=1S/C18H14ClN5/c19-18-22-16(20-11-13-7-3-1-4-8-13)15-17(23-18)24(12-21-15)14-9-5-2-6-10-14/h1-10,12H,11H2,(H,20,22,23). The summed E-state index contributed by atoms with van der Waals surface area (Å²) in [6.45, 7) is 0.640. The molecule has 2 aromatic carbocycles. The number of halogens is 1. The second-order valence-electron chi connectivity index (χ2n) is 5.30. The van der Waals surface area contributed by atoms with E-state index in [-0.39, 0.29) is 5.28 Å². The van der Waals surface area contributed by atoms with Crippen molar-refractivity contribution in [2.75, 3.05) is 5.32 Å². The Labute approximate surface area is 144 Å². The van der Waals surface area contributed by atoms with Crippen molar-refractivity contribution in [2.45, 2.75) is 6.54 Å². The number of nitrogens with zero attached hydrogens (tertiary/aromatic N) is 4. The van der Waals surface area contributed by atoms with Gasteiger partial charge in [-0.05, 0) is 29.3 Å². The Morgan fingerprint density at radius 2 is 1.62 bits per heavy atom.